The first-order chi connectivity index (χ1) is 11.9. The van der Waals surface area contributed by atoms with E-state index in [2.05, 4.69) is 66.5 Å². The molecule has 1 aliphatic carbocycles. The van der Waals surface area contributed by atoms with Crippen molar-refractivity contribution in [3.05, 3.63) is 67.4 Å². The Morgan fingerprint density at radius 2 is 2.00 bits per heavy atom. The number of H-pyrrole nitrogens is 1. The van der Waals surface area contributed by atoms with Crippen LogP contribution in [0.5, 0.6) is 0 Å². The summed E-state index contributed by atoms with van der Waals surface area (Å²) in [7, 11) is 0. The number of nitrogens with one attached hydrogen (secondary N) is 1. The predicted octanol–water partition coefficient (Wildman–Crippen LogP) is 5.08. The van der Waals surface area contributed by atoms with E-state index in [1.54, 1.807) is 6.07 Å². The number of hydrogen-bond donors (Lipinski definition) is 1. The molecule has 0 saturated carbocycles. The van der Waals surface area contributed by atoms with Gasteiger partial charge in [0.15, 0.2) is 5.78 Å². The second-order valence-electron chi connectivity index (χ2n) is 7.04. The van der Waals surface area contributed by atoms with Gasteiger partial charge in [0.2, 0.25) is 0 Å². The van der Waals surface area contributed by atoms with Gasteiger partial charge in [0.1, 0.15) is 0 Å². The van der Waals surface area contributed by atoms with E-state index in [0.29, 0.717) is 5.56 Å². The van der Waals surface area contributed by atoms with Crippen LogP contribution in [0.1, 0.15) is 59.1 Å². The first-order valence-electron chi connectivity index (χ1n) is 8.32. The first-order valence-corrected chi connectivity index (χ1v) is 9.40. The van der Waals surface area contributed by atoms with Crippen molar-refractivity contribution in [1.82, 2.24) is 4.98 Å². The van der Waals surface area contributed by atoms with Crippen LogP contribution in [-0.2, 0) is 11.8 Å². The molecule has 0 fully saturated rings. The number of benzene rings is 2. The zero-order valence-electron chi connectivity index (χ0n) is 14.3. The van der Waals surface area contributed by atoms with Crippen molar-refractivity contribution in [2.75, 3.05) is 0 Å². The van der Waals surface area contributed by atoms with E-state index in [9.17, 15) is 4.79 Å². The van der Waals surface area contributed by atoms with Crippen molar-refractivity contribution < 1.29 is 4.79 Å². The van der Waals surface area contributed by atoms with Gasteiger partial charge in [0, 0.05) is 31.1 Å². The van der Waals surface area contributed by atoms with Crippen LogP contribution in [0.4, 0.5) is 0 Å². The molecular formula is C21H17IN2O. The Kier molecular flexibility index (Phi) is 3.55. The van der Waals surface area contributed by atoms with E-state index in [1.165, 1.54) is 9.13 Å². The molecule has 0 saturated heterocycles. The van der Waals surface area contributed by atoms with Crippen LogP contribution in [0.3, 0.4) is 0 Å². The maximum absolute atomic E-state index is 13.3. The van der Waals surface area contributed by atoms with E-state index >= 15 is 0 Å². The molecule has 0 aliphatic heterocycles. The van der Waals surface area contributed by atoms with Crippen LogP contribution in [0.2, 0.25) is 0 Å². The summed E-state index contributed by atoms with van der Waals surface area (Å²) in [6.07, 6.45) is 0.908. The molecule has 1 N–H and O–H groups in total. The molecule has 0 spiro atoms. The van der Waals surface area contributed by atoms with Crippen molar-refractivity contribution in [3.63, 3.8) is 0 Å². The van der Waals surface area contributed by atoms with Crippen LogP contribution in [0, 0.1) is 14.9 Å². The standard InChI is InChI=1S/C21H17IN2O/c1-4-12-8-14-15(9-16(12)22)21(2,3)20-18(19(14)25)13-6-5-11(10-23)7-17(13)24-20/h5-9,24H,4H2,1-3H3. The molecule has 3 nitrogen and oxygen atoms in total. The van der Waals surface area contributed by atoms with E-state index in [0.717, 1.165) is 39.7 Å². The van der Waals surface area contributed by atoms with Gasteiger partial charge in [-0.25, -0.2) is 0 Å². The first kappa shape index (κ1) is 16.3. The zero-order valence-corrected chi connectivity index (χ0v) is 16.5. The number of nitriles is 1. The number of carbonyl (C=O) groups excluding carboxylic acids is 1. The number of halogens is 1. The van der Waals surface area contributed by atoms with E-state index < -0.39 is 0 Å². The Morgan fingerprint density at radius 1 is 1.24 bits per heavy atom. The van der Waals surface area contributed by atoms with Gasteiger partial charge in [-0.3, -0.25) is 4.79 Å². The fourth-order valence-electron chi connectivity index (χ4n) is 3.83. The van der Waals surface area contributed by atoms with Crippen LogP contribution in [0.15, 0.2) is 30.3 Å². The van der Waals surface area contributed by atoms with Gasteiger partial charge in [0.25, 0.3) is 0 Å². The fraction of sp³-hybridized carbons (Fsp3) is 0.238. The topological polar surface area (TPSA) is 56.6 Å². The van der Waals surface area contributed by atoms with Crippen LogP contribution >= 0.6 is 22.6 Å². The molecule has 0 atom stereocenters. The second-order valence-corrected chi connectivity index (χ2v) is 8.21. The van der Waals surface area contributed by atoms with Gasteiger partial charge in [-0.15, -0.1) is 0 Å². The molecule has 25 heavy (non-hydrogen) atoms. The summed E-state index contributed by atoms with van der Waals surface area (Å²) in [5.74, 6) is 0.0754. The van der Waals surface area contributed by atoms with E-state index in [-0.39, 0.29) is 11.2 Å². The normalized spacial score (nSPS) is 14.9. The molecular weight excluding hydrogens is 423 g/mol. The molecule has 1 heterocycles. The summed E-state index contributed by atoms with van der Waals surface area (Å²) in [6, 6.07) is 11.9. The summed E-state index contributed by atoms with van der Waals surface area (Å²) < 4.78 is 1.20. The number of ketones is 1. The number of rotatable bonds is 1. The van der Waals surface area contributed by atoms with Crippen LogP contribution < -0.4 is 0 Å². The number of fused-ring (bicyclic) bond motifs is 4. The molecule has 3 aromatic rings. The lowest BCUT2D eigenvalue weighted by Crippen LogP contribution is -2.30. The Hall–Kier alpha value is -2.13. The lowest BCUT2D eigenvalue weighted by molar-refractivity contribution is 0.103. The highest BCUT2D eigenvalue weighted by atomic mass is 127. The Morgan fingerprint density at radius 3 is 2.68 bits per heavy atom. The third-order valence-electron chi connectivity index (χ3n) is 5.27. The number of aromatic amines is 1. The van der Waals surface area contributed by atoms with Crippen molar-refractivity contribution in [2.45, 2.75) is 32.6 Å². The Bertz CT molecular complexity index is 1100. The third-order valence-corrected chi connectivity index (χ3v) is 6.27. The summed E-state index contributed by atoms with van der Waals surface area (Å²) in [4.78, 5) is 16.7. The Balaban J connectivity index is 2.07. The van der Waals surface area contributed by atoms with Crippen LogP contribution in [0.25, 0.3) is 10.9 Å². The summed E-state index contributed by atoms with van der Waals surface area (Å²) in [5.41, 5.74) is 5.92. The predicted molar refractivity (Wildman–Crippen MR) is 107 cm³/mol. The molecule has 4 rings (SSSR count). The van der Waals surface area contributed by atoms with Gasteiger partial charge in [-0.05, 0) is 64.4 Å². The average molecular weight is 440 g/mol. The fourth-order valence-corrected chi connectivity index (χ4v) is 4.68. The number of nitrogens with zero attached hydrogens (tertiary/aromatic N) is 1. The molecule has 0 amide bonds. The largest absolute Gasteiger partial charge is 0.357 e. The summed E-state index contributed by atoms with van der Waals surface area (Å²) in [5, 5.41) is 10.1. The van der Waals surface area contributed by atoms with Crippen molar-refractivity contribution in [3.8, 4) is 6.07 Å². The lowest BCUT2D eigenvalue weighted by Gasteiger charge is -2.32. The molecule has 4 heteroatoms. The zero-order chi connectivity index (χ0) is 17.9. The summed E-state index contributed by atoms with van der Waals surface area (Å²) >= 11 is 2.36. The minimum Gasteiger partial charge on any atom is -0.357 e. The molecule has 0 radical (unpaired) electrons. The quantitative estimate of drug-likeness (QED) is 0.537. The minimum atomic E-state index is -0.295. The molecule has 2 aromatic carbocycles. The van der Waals surface area contributed by atoms with Gasteiger partial charge in [0.05, 0.1) is 17.2 Å². The smallest absolute Gasteiger partial charge is 0.195 e. The number of aryl methyl sites for hydroxylation is 1. The molecule has 124 valence electrons. The molecule has 0 bridgehead atoms. The van der Waals surface area contributed by atoms with Crippen molar-refractivity contribution in [2.24, 2.45) is 0 Å². The monoisotopic (exact) mass is 440 g/mol. The maximum atomic E-state index is 13.3. The minimum absolute atomic E-state index is 0.0754. The van der Waals surface area contributed by atoms with Crippen LogP contribution in [-0.4, -0.2) is 10.8 Å². The van der Waals surface area contributed by atoms with Gasteiger partial charge < -0.3 is 4.98 Å². The van der Waals surface area contributed by atoms with Crippen molar-refractivity contribution >= 4 is 39.3 Å². The van der Waals surface area contributed by atoms with Crippen molar-refractivity contribution in [1.29, 1.82) is 5.26 Å². The lowest BCUT2D eigenvalue weighted by atomic mass is 9.71. The molecule has 0 unspecified atom stereocenters. The molecule has 1 aromatic heterocycles. The van der Waals surface area contributed by atoms with E-state index in [4.69, 9.17) is 5.26 Å². The number of carbonyl (C=O) groups is 1. The Labute approximate surface area is 160 Å². The van der Waals surface area contributed by atoms with Gasteiger partial charge >= 0.3 is 0 Å². The maximum Gasteiger partial charge on any atom is 0.195 e. The van der Waals surface area contributed by atoms with E-state index in [1.807, 2.05) is 12.1 Å². The highest BCUT2D eigenvalue weighted by molar-refractivity contribution is 14.1. The second kappa shape index (κ2) is 5.43. The van der Waals surface area contributed by atoms with Gasteiger partial charge in [-0.1, -0.05) is 26.8 Å². The average Bonchev–Trinajstić information content (AvgIpc) is 2.99. The van der Waals surface area contributed by atoms with Gasteiger partial charge in [-0.2, -0.15) is 5.26 Å². The molecule has 1 aliphatic rings. The number of hydrogen-bond acceptors (Lipinski definition) is 2. The SMILES string of the molecule is CCc1cc2c(cc1I)C(C)(C)c1[nH]c3cc(C#N)ccc3c1C2=O. The highest BCUT2D eigenvalue weighted by Crippen LogP contribution is 2.44. The number of aromatic nitrogens is 1. The highest BCUT2D eigenvalue weighted by Gasteiger charge is 2.40. The summed E-state index contributed by atoms with van der Waals surface area (Å²) in [6.45, 7) is 6.42. The third kappa shape index (κ3) is 2.18.